The minimum atomic E-state index is -0.466. The summed E-state index contributed by atoms with van der Waals surface area (Å²) in [5.74, 6) is 0.647. The summed E-state index contributed by atoms with van der Waals surface area (Å²) in [5.41, 5.74) is -0.466. The second kappa shape index (κ2) is 4.84. The first kappa shape index (κ1) is 11.9. The summed E-state index contributed by atoms with van der Waals surface area (Å²) in [6, 6.07) is 0.708. The molecule has 2 N–H and O–H groups in total. The van der Waals surface area contributed by atoms with Gasteiger partial charge in [0.25, 0.3) is 0 Å². The van der Waals surface area contributed by atoms with Crippen LogP contribution in [0.1, 0.15) is 32.1 Å². The molecule has 3 rings (SSSR count). The Morgan fingerprint density at radius 3 is 2.35 bits per heavy atom. The third kappa shape index (κ3) is 2.81. The summed E-state index contributed by atoms with van der Waals surface area (Å²) < 4.78 is 10.9. The maximum atomic E-state index is 10.8. The van der Waals surface area contributed by atoms with Gasteiger partial charge in [-0.05, 0) is 38.0 Å². The molecule has 0 aromatic rings. The molecule has 0 spiro atoms. The molecular formula is C13H23NO3. The van der Waals surface area contributed by atoms with E-state index in [1.54, 1.807) is 0 Å². The van der Waals surface area contributed by atoms with Crippen molar-refractivity contribution in [2.24, 2.45) is 5.92 Å². The lowest BCUT2D eigenvalue weighted by molar-refractivity contribution is -0.0927. The molecule has 0 aliphatic carbocycles. The molecule has 0 radical (unpaired) electrons. The molecule has 4 heteroatoms. The van der Waals surface area contributed by atoms with E-state index in [1.165, 1.54) is 0 Å². The van der Waals surface area contributed by atoms with E-state index < -0.39 is 5.60 Å². The van der Waals surface area contributed by atoms with Crippen LogP contribution in [-0.4, -0.2) is 49.2 Å². The minimum absolute atomic E-state index is 0.354. The number of fused-ring (bicyclic) bond motifs is 2. The summed E-state index contributed by atoms with van der Waals surface area (Å²) in [6.45, 7) is 3.25. The van der Waals surface area contributed by atoms with Gasteiger partial charge in [-0.1, -0.05) is 0 Å². The van der Waals surface area contributed by atoms with Crippen molar-refractivity contribution < 1.29 is 14.6 Å². The minimum Gasteiger partial charge on any atom is -0.390 e. The van der Waals surface area contributed by atoms with E-state index in [0.717, 1.165) is 58.5 Å². The molecule has 3 aliphatic rings. The van der Waals surface area contributed by atoms with Crippen LogP contribution in [0.3, 0.4) is 0 Å². The van der Waals surface area contributed by atoms with Gasteiger partial charge in [0.05, 0.1) is 18.8 Å². The quantitative estimate of drug-likeness (QED) is 0.746. The topological polar surface area (TPSA) is 50.7 Å². The highest BCUT2D eigenvalue weighted by Crippen LogP contribution is 2.35. The Bertz CT molecular complexity index is 253. The van der Waals surface area contributed by atoms with E-state index >= 15 is 0 Å². The fourth-order valence-electron chi connectivity index (χ4n) is 3.67. The average Bonchev–Trinajstić information content (AvgIpc) is 2.28. The van der Waals surface area contributed by atoms with E-state index in [1.807, 2.05) is 0 Å². The number of ether oxygens (including phenoxy) is 2. The first-order valence-corrected chi connectivity index (χ1v) is 6.87. The van der Waals surface area contributed by atoms with E-state index in [4.69, 9.17) is 9.47 Å². The maximum absolute atomic E-state index is 10.8. The lowest BCUT2D eigenvalue weighted by atomic mass is 9.75. The highest BCUT2D eigenvalue weighted by Gasteiger charge is 2.42. The van der Waals surface area contributed by atoms with Crippen molar-refractivity contribution in [1.82, 2.24) is 5.32 Å². The largest absolute Gasteiger partial charge is 0.390 e. The maximum Gasteiger partial charge on any atom is 0.0681 e. The first-order chi connectivity index (χ1) is 8.23. The third-order valence-electron chi connectivity index (χ3n) is 4.37. The summed E-state index contributed by atoms with van der Waals surface area (Å²) >= 11 is 0. The Kier molecular flexibility index (Phi) is 3.39. The highest BCUT2D eigenvalue weighted by atomic mass is 16.5. The summed E-state index contributed by atoms with van der Waals surface area (Å²) in [4.78, 5) is 0. The predicted molar refractivity (Wildman–Crippen MR) is 63.9 cm³/mol. The Morgan fingerprint density at radius 2 is 1.71 bits per heavy atom. The van der Waals surface area contributed by atoms with Crippen LogP contribution in [0.2, 0.25) is 0 Å². The molecule has 0 saturated carbocycles. The molecule has 3 aliphatic heterocycles. The smallest absolute Gasteiger partial charge is 0.0681 e. The van der Waals surface area contributed by atoms with Gasteiger partial charge >= 0.3 is 0 Å². The Labute approximate surface area is 103 Å². The Hall–Kier alpha value is -0.160. The molecule has 4 nitrogen and oxygen atoms in total. The standard InChI is InChI=1S/C13H23NO3/c15-13(5-10-1-3-16-4-2-10)6-11-8-17-9-12(7-13)14-11/h10-12,14-15H,1-9H2. The van der Waals surface area contributed by atoms with Gasteiger partial charge in [-0.2, -0.15) is 0 Å². The summed E-state index contributed by atoms with van der Waals surface area (Å²) in [6.07, 6.45) is 4.87. The zero-order valence-corrected chi connectivity index (χ0v) is 10.4. The van der Waals surface area contributed by atoms with Crippen molar-refractivity contribution in [3.8, 4) is 0 Å². The summed E-state index contributed by atoms with van der Waals surface area (Å²) in [7, 11) is 0. The monoisotopic (exact) mass is 241 g/mol. The van der Waals surface area contributed by atoms with Crippen LogP contribution in [0.4, 0.5) is 0 Å². The lowest BCUT2D eigenvalue weighted by Crippen LogP contribution is -2.60. The van der Waals surface area contributed by atoms with E-state index in [9.17, 15) is 5.11 Å². The van der Waals surface area contributed by atoms with Gasteiger partial charge in [0.1, 0.15) is 0 Å². The molecule has 3 saturated heterocycles. The van der Waals surface area contributed by atoms with Crippen LogP contribution >= 0.6 is 0 Å². The van der Waals surface area contributed by atoms with Gasteiger partial charge in [0.2, 0.25) is 0 Å². The van der Waals surface area contributed by atoms with E-state index in [2.05, 4.69) is 5.32 Å². The zero-order valence-electron chi connectivity index (χ0n) is 10.4. The SMILES string of the molecule is OC1(CC2CCOCC2)CC2COCC(C1)N2. The second-order valence-electron chi connectivity index (χ2n) is 5.99. The zero-order chi connectivity index (χ0) is 11.7. The average molecular weight is 241 g/mol. The highest BCUT2D eigenvalue weighted by molar-refractivity contribution is 4.98. The van der Waals surface area contributed by atoms with Crippen LogP contribution in [-0.2, 0) is 9.47 Å². The van der Waals surface area contributed by atoms with Gasteiger partial charge in [-0.15, -0.1) is 0 Å². The van der Waals surface area contributed by atoms with Crippen molar-refractivity contribution in [3.63, 3.8) is 0 Å². The molecule has 0 aromatic heterocycles. The molecule has 3 fully saturated rings. The molecule has 3 heterocycles. The van der Waals surface area contributed by atoms with Crippen LogP contribution in [0, 0.1) is 5.92 Å². The Morgan fingerprint density at radius 1 is 1.06 bits per heavy atom. The first-order valence-electron chi connectivity index (χ1n) is 6.87. The van der Waals surface area contributed by atoms with Crippen molar-refractivity contribution >= 4 is 0 Å². The number of hydrogen-bond acceptors (Lipinski definition) is 4. The van der Waals surface area contributed by atoms with Gasteiger partial charge in [-0.3, -0.25) is 0 Å². The summed E-state index contributed by atoms with van der Waals surface area (Å²) in [5, 5.41) is 14.3. The molecular weight excluding hydrogens is 218 g/mol. The second-order valence-corrected chi connectivity index (χ2v) is 5.99. The molecule has 0 aromatic carbocycles. The molecule has 2 atom stereocenters. The van der Waals surface area contributed by atoms with Gasteiger partial charge in [0.15, 0.2) is 0 Å². The van der Waals surface area contributed by atoms with Crippen LogP contribution < -0.4 is 5.32 Å². The normalized spacial score (nSPS) is 43.6. The molecule has 2 unspecified atom stereocenters. The van der Waals surface area contributed by atoms with Crippen LogP contribution in [0.25, 0.3) is 0 Å². The predicted octanol–water partition coefficient (Wildman–Crippen LogP) is 0.685. The van der Waals surface area contributed by atoms with E-state index in [-0.39, 0.29) is 0 Å². The van der Waals surface area contributed by atoms with Crippen molar-refractivity contribution in [1.29, 1.82) is 0 Å². The Balaban J connectivity index is 1.60. The molecule has 17 heavy (non-hydrogen) atoms. The molecule has 2 bridgehead atoms. The van der Waals surface area contributed by atoms with Crippen LogP contribution in [0.15, 0.2) is 0 Å². The van der Waals surface area contributed by atoms with Gasteiger partial charge in [-0.25, -0.2) is 0 Å². The van der Waals surface area contributed by atoms with Gasteiger partial charge < -0.3 is 19.9 Å². The lowest BCUT2D eigenvalue weighted by Gasteiger charge is -2.46. The molecule has 0 amide bonds. The number of aliphatic hydroxyl groups is 1. The number of morpholine rings is 1. The third-order valence-corrected chi connectivity index (χ3v) is 4.37. The number of piperidine rings is 1. The fourth-order valence-corrected chi connectivity index (χ4v) is 3.67. The van der Waals surface area contributed by atoms with Crippen LogP contribution in [0.5, 0.6) is 0 Å². The van der Waals surface area contributed by atoms with Crippen molar-refractivity contribution in [2.75, 3.05) is 26.4 Å². The van der Waals surface area contributed by atoms with Crippen molar-refractivity contribution in [2.45, 2.75) is 49.8 Å². The fraction of sp³-hybridized carbons (Fsp3) is 1.00. The molecule has 98 valence electrons. The van der Waals surface area contributed by atoms with E-state index in [0.29, 0.717) is 18.0 Å². The number of hydrogen-bond donors (Lipinski definition) is 2. The number of rotatable bonds is 2. The van der Waals surface area contributed by atoms with Crippen molar-refractivity contribution in [3.05, 3.63) is 0 Å². The number of nitrogens with one attached hydrogen (secondary N) is 1. The van der Waals surface area contributed by atoms with Gasteiger partial charge in [0, 0.05) is 25.3 Å².